The van der Waals surface area contributed by atoms with Crippen LogP contribution in [0.1, 0.15) is 45.0 Å². The van der Waals surface area contributed by atoms with Gasteiger partial charge in [-0.15, -0.1) is 0 Å². The molecule has 0 aliphatic carbocycles. The molecule has 0 saturated heterocycles. The Morgan fingerprint density at radius 3 is 2.44 bits per heavy atom. The molecule has 0 aromatic heterocycles. The lowest BCUT2D eigenvalue weighted by molar-refractivity contribution is -0.114. The lowest BCUT2D eigenvalue weighted by atomic mass is 10.2. The van der Waals surface area contributed by atoms with E-state index >= 15 is 0 Å². The highest BCUT2D eigenvalue weighted by Gasteiger charge is 2.23. The minimum absolute atomic E-state index is 0.204. The number of rotatable bonds is 5. The second-order valence-electron chi connectivity index (χ2n) is 6.91. The van der Waals surface area contributed by atoms with Gasteiger partial charge in [0.1, 0.15) is 5.60 Å². The van der Waals surface area contributed by atoms with Gasteiger partial charge < -0.3 is 20.3 Å². The van der Waals surface area contributed by atoms with Gasteiger partial charge in [0.25, 0.3) is 5.91 Å². The van der Waals surface area contributed by atoms with E-state index in [-0.39, 0.29) is 24.4 Å². The second-order valence-corrected chi connectivity index (χ2v) is 6.91. The Hall–Kier alpha value is -2.57. The quantitative estimate of drug-likeness (QED) is 0.855. The summed E-state index contributed by atoms with van der Waals surface area (Å²) in [4.78, 5) is 36.8. The maximum absolute atomic E-state index is 12.2. The van der Waals surface area contributed by atoms with Crippen molar-refractivity contribution in [2.45, 2.75) is 46.3 Å². The molecular weight excluding hydrogens is 322 g/mol. The molecule has 138 valence electrons. The Balaban J connectivity index is 2.60. The SMILES string of the molecule is CC(=O)Nc1cccc(C(=O)NCC(C)N(C)C(=O)OC(C)(C)C)c1. The zero-order valence-corrected chi connectivity index (χ0v) is 15.7. The van der Waals surface area contributed by atoms with Gasteiger partial charge in [0.2, 0.25) is 5.91 Å². The van der Waals surface area contributed by atoms with Crippen LogP contribution in [0.4, 0.5) is 10.5 Å². The molecule has 1 aromatic rings. The van der Waals surface area contributed by atoms with Gasteiger partial charge in [-0.3, -0.25) is 9.59 Å². The molecule has 0 saturated carbocycles. The van der Waals surface area contributed by atoms with Crippen molar-refractivity contribution in [1.82, 2.24) is 10.2 Å². The van der Waals surface area contributed by atoms with Crippen LogP contribution in [0.5, 0.6) is 0 Å². The lowest BCUT2D eigenvalue weighted by Gasteiger charge is -2.28. The van der Waals surface area contributed by atoms with E-state index in [0.29, 0.717) is 11.3 Å². The topological polar surface area (TPSA) is 87.7 Å². The van der Waals surface area contributed by atoms with Gasteiger partial charge in [-0.05, 0) is 45.9 Å². The van der Waals surface area contributed by atoms with Crippen molar-refractivity contribution in [1.29, 1.82) is 0 Å². The fourth-order valence-electron chi connectivity index (χ4n) is 1.93. The maximum Gasteiger partial charge on any atom is 0.410 e. The summed E-state index contributed by atoms with van der Waals surface area (Å²) < 4.78 is 5.30. The molecule has 7 heteroatoms. The molecule has 2 N–H and O–H groups in total. The summed E-state index contributed by atoms with van der Waals surface area (Å²) in [5.74, 6) is -0.484. The third-order valence-corrected chi connectivity index (χ3v) is 3.35. The van der Waals surface area contributed by atoms with E-state index in [9.17, 15) is 14.4 Å². The maximum atomic E-state index is 12.2. The molecule has 0 heterocycles. The molecule has 0 fully saturated rings. The number of hydrogen-bond acceptors (Lipinski definition) is 4. The van der Waals surface area contributed by atoms with Crippen molar-refractivity contribution >= 4 is 23.6 Å². The van der Waals surface area contributed by atoms with Crippen molar-refractivity contribution in [3.63, 3.8) is 0 Å². The van der Waals surface area contributed by atoms with Crippen molar-refractivity contribution in [3.05, 3.63) is 29.8 Å². The Morgan fingerprint density at radius 1 is 1.24 bits per heavy atom. The summed E-state index contributed by atoms with van der Waals surface area (Å²) in [7, 11) is 1.63. The number of benzene rings is 1. The van der Waals surface area contributed by atoms with Gasteiger partial charge in [0.05, 0.1) is 0 Å². The predicted molar refractivity (Wildman–Crippen MR) is 96.5 cm³/mol. The van der Waals surface area contributed by atoms with E-state index in [1.807, 2.05) is 6.92 Å². The highest BCUT2D eigenvalue weighted by Crippen LogP contribution is 2.12. The molecule has 25 heavy (non-hydrogen) atoms. The number of ether oxygens (including phenoxy) is 1. The zero-order valence-electron chi connectivity index (χ0n) is 15.7. The normalized spacial score (nSPS) is 12.1. The van der Waals surface area contributed by atoms with Gasteiger partial charge in [-0.1, -0.05) is 6.07 Å². The fourth-order valence-corrected chi connectivity index (χ4v) is 1.93. The number of nitrogens with one attached hydrogen (secondary N) is 2. The number of carbonyl (C=O) groups is 3. The molecule has 0 bridgehead atoms. The second kappa shape index (κ2) is 8.50. The third kappa shape index (κ3) is 7.24. The van der Waals surface area contributed by atoms with Crippen LogP contribution >= 0.6 is 0 Å². The van der Waals surface area contributed by atoms with Crippen LogP contribution in [0.2, 0.25) is 0 Å². The van der Waals surface area contributed by atoms with Crippen LogP contribution in [0.3, 0.4) is 0 Å². The Labute approximate surface area is 148 Å². The van der Waals surface area contributed by atoms with E-state index < -0.39 is 11.7 Å². The highest BCUT2D eigenvalue weighted by molar-refractivity contribution is 5.96. The van der Waals surface area contributed by atoms with Gasteiger partial charge >= 0.3 is 6.09 Å². The van der Waals surface area contributed by atoms with Crippen LogP contribution < -0.4 is 10.6 Å². The first-order valence-electron chi connectivity index (χ1n) is 8.11. The molecule has 3 amide bonds. The molecule has 7 nitrogen and oxygen atoms in total. The first-order valence-corrected chi connectivity index (χ1v) is 8.11. The molecule has 0 radical (unpaired) electrons. The number of anilines is 1. The summed E-state index contributed by atoms with van der Waals surface area (Å²) in [6, 6.07) is 6.41. The summed E-state index contributed by atoms with van der Waals surface area (Å²) in [6.07, 6.45) is -0.443. The molecule has 1 unspecified atom stereocenters. The molecule has 1 atom stereocenters. The van der Waals surface area contributed by atoms with Crippen molar-refractivity contribution in [2.75, 3.05) is 18.9 Å². The van der Waals surface area contributed by atoms with Gasteiger partial charge in [-0.25, -0.2) is 4.79 Å². The first kappa shape index (κ1) is 20.5. The molecule has 1 rings (SSSR count). The van der Waals surface area contributed by atoms with Gasteiger partial charge in [0.15, 0.2) is 0 Å². The third-order valence-electron chi connectivity index (χ3n) is 3.35. The van der Waals surface area contributed by atoms with E-state index in [0.717, 1.165) is 0 Å². The van der Waals surface area contributed by atoms with Crippen LogP contribution in [0.25, 0.3) is 0 Å². The van der Waals surface area contributed by atoms with E-state index in [1.165, 1.54) is 11.8 Å². The number of carbonyl (C=O) groups excluding carboxylic acids is 3. The molecule has 1 aromatic carbocycles. The summed E-state index contributed by atoms with van der Waals surface area (Å²) >= 11 is 0. The standard InChI is InChI=1S/C18H27N3O4/c1-12(21(6)17(24)25-18(3,4)5)11-19-16(23)14-8-7-9-15(10-14)20-13(2)22/h7-10,12H,11H2,1-6H3,(H,19,23)(H,20,22). The zero-order chi connectivity index (χ0) is 19.2. The molecule has 0 aliphatic rings. The summed E-state index contributed by atoms with van der Waals surface area (Å²) in [6.45, 7) is 8.89. The largest absolute Gasteiger partial charge is 0.444 e. The Kier molecular flexibility index (Phi) is 6.97. The number of hydrogen-bond donors (Lipinski definition) is 2. The minimum Gasteiger partial charge on any atom is -0.444 e. The van der Waals surface area contributed by atoms with Crippen molar-refractivity contribution in [2.24, 2.45) is 0 Å². The van der Waals surface area contributed by atoms with Gasteiger partial charge in [-0.2, -0.15) is 0 Å². The number of nitrogens with zero attached hydrogens (tertiary/aromatic N) is 1. The average molecular weight is 349 g/mol. The van der Waals surface area contributed by atoms with E-state index in [2.05, 4.69) is 10.6 Å². The number of amides is 3. The van der Waals surface area contributed by atoms with Crippen LogP contribution in [0.15, 0.2) is 24.3 Å². The highest BCUT2D eigenvalue weighted by atomic mass is 16.6. The predicted octanol–water partition coefficient (Wildman–Crippen LogP) is 2.63. The Bertz CT molecular complexity index is 637. The van der Waals surface area contributed by atoms with Crippen LogP contribution in [0, 0.1) is 0 Å². The average Bonchev–Trinajstić information content (AvgIpc) is 2.49. The fraction of sp³-hybridized carbons (Fsp3) is 0.500. The van der Waals surface area contributed by atoms with E-state index in [4.69, 9.17) is 4.74 Å². The van der Waals surface area contributed by atoms with Gasteiger partial charge in [0, 0.05) is 37.8 Å². The lowest BCUT2D eigenvalue weighted by Crippen LogP contribution is -2.45. The van der Waals surface area contributed by atoms with Crippen molar-refractivity contribution in [3.8, 4) is 0 Å². The molecule has 0 aliphatic heterocycles. The van der Waals surface area contributed by atoms with Crippen LogP contribution in [-0.4, -0.2) is 48.0 Å². The first-order chi connectivity index (χ1) is 11.5. The minimum atomic E-state index is -0.571. The molecular formula is C18H27N3O4. The smallest absolute Gasteiger partial charge is 0.410 e. The molecule has 0 spiro atoms. The van der Waals surface area contributed by atoms with Crippen LogP contribution in [-0.2, 0) is 9.53 Å². The van der Waals surface area contributed by atoms with Crippen molar-refractivity contribution < 1.29 is 19.1 Å². The number of likely N-dealkylation sites (N-methyl/N-ethyl adjacent to an activating group) is 1. The Morgan fingerprint density at radius 2 is 1.88 bits per heavy atom. The summed E-state index contributed by atoms with van der Waals surface area (Å²) in [5.41, 5.74) is 0.413. The monoisotopic (exact) mass is 349 g/mol. The van der Waals surface area contributed by atoms with E-state index in [1.54, 1.807) is 52.1 Å². The summed E-state index contributed by atoms with van der Waals surface area (Å²) in [5, 5.41) is 5.41.